The van der Waals surface area contributed by atoms with E-state index in [0.29, 0.717) is 11.3 Å². The minimum Gasteiger partial charge on any atom is -0.481 e. The highest BCUT2D eigenvalue weighted by Crippen LogP contribution is 2.14. The van der Waals surface area contributed by atoms with Crippen LogP contribution in [0.3, 0.4) is 0 Å². The molecule has 110 valence electrons. The summed E-state index contributed by atoms with van der Waals surface area (Å²) >= 11 is 0. The molecule has 0 aliphatic carbocycles. The van der Waals surface area contributed by atoms with Crippen LogP contribution in [0.2, 0.25) is 0 Å². The van der Waals surface area contributed by atoms with Crippen molar-refractivity contribution in [3.05, 3.63) is 35.4 Å². The van der Waals surface area contributed by atoms with Gasteiger partial charge in [0.1, 0.15) is 0 Å². The third-order valence-corrected chi connectivity index (χ3v) is 3.57. The molecule has 0 saturated heterocycles. The van der Waals surface area contributed by atoms with Crippen LogP contribution < -0.4 is 5.32 Å². The molecule has 0 saturated carbocycles. The van der Waals surface area contributed by atoms with Crippen LogP contribution in [0, 0.1) is 5.41 Å². The quantitative estimate of drug-likeness (QED) is 0.831. The zero-order chi connectivity index (χ0) is 15.3. The predicted molar refractivity (Wildman–Crippen MR) is 78.0 cm³/mol. The number of hydrogen-bond donors (Lipinski definition) is 2. The van der Waals surface area contributed by atoms with Crippen molar-refractivity contribution in [2.75, 3.05) is 12.8 Å². The molecule has 0 aliphatic rings. The van der Waals surface area contributed by atoms with Gasteiger partial charge in [-0.1, -0.05) is 12.1 Å². The number of benzene rings is 1. The molecule has 1 rings (SSSR count). The van der Waals surface area contributed by atoms with Gasteiger partial charge in [0, 0.05) is 34.9 Å². The largest absolute Gasteiger partial charge is 0.481 e. The number of nitrogens with one attached hydrogen (secondary N) is 1. The summed E-state index contributed by atoms with van der Waals surface area (Å²) in [6.07, 6.45) is 1.60. The number of aliphatic carboxylic acids is 1. The van der Waals surface area contributed by atoms with E-state index in [4.69, 9.17) is 5.11 Å². The lowest BCUT2D eigenvalue weighted by Crippen LogP contribution is -2.38. The Morgan fingerprint density at radius 1 is 1.35 bits per heavy atom. The van der Waals surface area contributed by atoms with Crippen LogP contribution in [0.25, 0.3) is 0 Å². The Bertz CT molecular complexity index is 540. The van der Waals surface area contributed by atoms with Crippen LogP contribution in [0.5, 0.6) is 0 Å². The summed E-state index contributed by atoms with van der Waals surface area (Å²) in [4.78, 5) is 22.9. The molecule has 20 heavy (non-hydrogen) atoms. The maximum absolute atomic E-state index is 12.0. The first-order valence-corrected chi connectivity index (χ1v) is 7.85. The van der Waals surface area contributed by atoms with E-state index in [-0.39, 0.29) is 12.5 Å². The molecule has 5 nitrogen and oxygen atoms in total. The SMILES string of the molecule is CS(=O)Cc1cccc(C(=O)NCC(C)(C)C(=O)O)c1. The monoisotopic (exact) mass is 297 g/mol. The average Bonchev–Trinajstić information content (AvgIpc) is 2.35. The van der Waals surface area contributed by atoms with Gasteiger partial charge in [-0.3, -0.25) is 13.8 Å². The Morgan fingerprint density at radius 3 is 2.55 bits per heavy atom. The van der Waals surface area contributed by atoms with Crippen molar-refractivity contribution in [2.45, 2.75) is 19.6 Å². The number of carbonyl (C=O) groups is 2. The normalized spacial score (nSPS) is 12.8. The summed E-state index contributed by atoms with van der Waals surface area (Å²) in [5, 5.41) is 11.6. The average molecular weight is 297 g/mol. The predicted octanol–water partition coefficient (Wildman–Crippen LogP) is 1.41. The van der Waals surface area contributed by atoms with Gasteiger partial charge in [-0.25, -0.2) is 0 Å². The van der Waals surface area contributed by atoms with E-state index >= 15 is 0 Å². The van der Waals surface area contributed by atoms with Crippen LogP contribution >= 0.6 is 0 Å². The first-order chi connectivity index (χ1) is 9.22. The number of carboxylic acids is 1. The number of carbonyl (C=O) groups excluding carboxylic acids is 1. The molecule has 6 heteroatoms. The standard InChI is InChI=1S/C14H19NO4S/c1-14(2,13(17)18)9-15-12(16)11-6-4-5-10(7-11)8-20(3)19/h4-7H,8-9H2,1-3H3,(H,15,16)(H,17,18). The van der Waals surface area contributed by atoms with Gasteiger partial charge in [-0.15, -0.1) is 0 Å². The van der Waals surface area contributed by atoms with E-state index < -0.39 is 22.2 Å². The second-order valence-corrected chi connectivity index (χ2v) is 6.72. The lowest BCUT2D eigenvalue weighted by Gasteiger charge is -2.19. The maximum atomic E-state index is 12.0. The summed E-state index contributed by atoms with van der Waals surface area (Å²) in [7, 11) is -0.971. The van der Waals surface area contributed by atoms with Crippen LogP contribution in [-0.4, -0.2) is 34.0 Å². The van der Waals surface area contributed by atoms with E-state index in [1.807, 2.05) is 0 Å². The van der Waals surface area contributed by atoms with Crippen molar-refractivity contribution < 1.29 is 18.9 Å². The minimum atomic E-state index is -1.02. The first kappa shape index (κ1) is 16.4. The van der Waals surface area contributed by atoms with Crippen molar-refractivity contribution in [1.82, 2.24) is 5.32 Å². The Balaban J connectivity index is 2.73. The topological polar surface area (TPSA) is 83.5 Å². The molecule has 1 atom stereocenters. The molecule has 0 fully saturated rings. The summed E-state index contributed by atoms with van der Waals surface area (Å²) in [6, 6.07) is 6.84. The van der Waals surface area contributed by atoms with Gasteiger partial charge in [-0.05, 0) is 31.5 Å². The van der Waals surface area contributed by atoms with Gasteiger partial charge in [-0.2, -0.15) is 0 Å². The van der Waals surface area contributed by atoms with Crippen LogP contribution in [-0.2, 0) is 21.3 Å². The maximum Gasteiger partial charge on any atom is 0.310 e. The summed E-state index contributed by atoms with van der Waals surface area (Å²) in [5.74, 6) is -0.905. The molecule has 0 bridgehead atoms. The molecular weight excluding hydrogens is 278 g/mol. The minimum absolute atomic E-state index is 0.0467. The van der Waals surface area contributed by atoms with Gasteiger partial charge in [0.2, 0.25) is 0 Å². The van der Waals surface area contributed by atoms with Crippen LogP contribution in [0.1, 0.15) is 29.8 Å². The van der Waals surface area contributed by atoms with Crippen molar-refractivity contribution >= 4 is 22.7 Å². The highest BCUT2D eigenvalue weighted by atomic mass is 32.2. The lowest BCUT2D eigenvalue weighted by molar-refractivity contribution is -0.146. The van der Waals surface area contributed by atoms with E-state index in [1.165, 1.54) is 0 Å². The van der Waals surface area contributed by atoms with Crippen molar-refractivity contribution in [2.24, 2.45) is 5.41 Å². The highest BCUT2D eigenvalue weighted by Gasteiger charge is 2.27. The molecule has 1 amide bonds. The molecule has 0 radical (unpaired) electrons. The van der Waals surface area contributed by atoms with Crippen LogP contribution in [0.4, 0.5) is 0 Å². The molecule has 1 unspecified atom stereocenters. The second-order valence-electron chi connectivity index (χ2n) is 5.29. The smallest absolute Gasteiger partial charge is 0.310 e. The van der Waals surface area contributed by atoms with Gasteiger partial charge in [0.15, 0.2) is 0 Å². The summed E-state index contributed by atoms with van der Waals surface area (Å²) < 4.78 is 11.2. The molecule has 0 aromatic heterocycles. The van der Waals surface area contributed by atoms with E-state index in [1.54, 1.807) is 44.4 Å². The third kappa shape index (κ3) is 4.77. The van der Waals surface area contributed by atoms with Gasteiger partial charge < -0.3 is 10.4 Å². The van der Waals surface area contributed by atoms with Crippen molar-refractivity contribution in [3.63, 3.8) is 0 Å². The molecule has 2 N–H and O–H groups in total. The van der Waals surface area contributed by atoms with E-state index in [9.17, 15) is 13.8 Å². The number of carboxylic acid groups (broad SMARTS) is 1. The summed E-state index contributed by atoms with van der Waals surface area (Å²) in [6.45, 7) is 3.14. The van der Waals surface area contributed by atoms with Gasteiger partial charge >= 0.3 is 5.97 Å². The first-order valence-electron chi connectivity index (χ1n) is 6.13. The zero-order valence-corrected chi connectivity index (χ0v) is 12.6. The van der Waals surface area contributed by atoms with Gasteiger partial charge in [0.05, 0.1) is 5.41 Å². The number of amides is 1. The van der Waals surface area contributed by atoms with E-state index in [2.05, 4.69) is 5.32 Å². The fraction of sp³-hybridized carbons (Fsp3) is 0.429. The molecule has 1 aromatic carbocycles. The molecular formula is C14H19NO4S. The Labute approximate surface area is 120 Å². The molecule has 0 heterocycles. The molecule has 0 spiro atoms. The lowest BCUT2D eigenvalue weighted by atomic mass is 9.94. The van der Waals surface area contributed by atoms with Crippen molar-refractivity contribution in [3.8, 4) is 0 Å². The Morgan fingerprint density at radius 2 is 2.00 bits per heavy atom. The highest BCUT2D eigenvalue weighted by molar-refractivity contribution is 7.83. The fourth-order valence-corrected chi connectivity index (χ4v) is 2.16. The number of rotatable bonds is 6. The van der Waals surface area contributed by atoms with Crippen LogP contribution in [0.15, 0.2) is 24.3 Å². The second kappa shape index (κ2) is 6.65. The Kier molecular flexibility index (Phi) is 5.44. The Hall–Kier alpha value is -1.69. The van der Waals surface area contributed by atoms with E-state index in [0.717, 1.165) is 5.56 Å². The fourth-order valence-electron chi connectivity index (χ4n) is 1.52. The zero-order valence-electron chi connectivity index (χ0n) is 11.8. The number of hydrogen-bond acceptors (Lipinski definition) is 3. The van der Waals surface area contributed by atoms with Crippen molar-refractivity contribution in [1.29, 1.82) is 0 Å². The molecule has 1 aromatic rings. The third-order valence-electron chi connectivity index (χ3n) is 2.83. The summed E-state index contributed by atoms with van der Waals surface area (Å²) in [5.41, 5.74) is 0.239. The van der Waals surface area contributed by atoms with Gasteiger partial charge in [0.25, 0.3) is 5.91 Å². The molecule has 0 aliphatic heterocycles.